The molecule has 0 heterocycles. The van der Waals surface area contributed by atoms with Crippen LogP contribution in [-0.4, -0.2) is 28.0 Å². The molecular formula is C6H9FO3. The second-order valence-corrected chi connectivity index (χ2v) is 2.59. The minimum Gasteiger partial charge on any atom is -0.479 e. The van der Waals surface area contributed by atoms with Crippen molar-refractivity contribution in [2.45, 2.75) is 31.0 Å². The highest BCUT2D eigenvalue weighted by molar-refractivity contribution is 5.78. The van der Waals surface area contributed by atoms with E-state index < -0.39 is 17.7 Å². The largest absolute Gasteiger partial charge is 0.479 e. The zero-order valence-electron chi connectivity index (χ0n) is 5.38. The van der Waals surface area contributed by atoms with Gasteiger partial charge in [0, 0.05) is 0 Å². The van der Waals surface area contributed by atoms with Gasteiger partial charge in [0.2, 0.25) is 0 Å². The molecular weight excluding hydrogens is 139 g/mol. The molecule has 1 aliphatic rings. The van der Waals surface area contributed by atoms with Crippen molar-refractivity contribution in [3.63, 3.8) is 0 Å². The lowest BCUT2D eigenvalue weighted by molar-refractivity contribution is -0.163. The van der Waals surface area contributed by atoms with Crippen molar-refractivity contribution in [3.05, 3.63) is 0 Å². The molecule has 0 aliphatic heterocycles. The topological polar surface area (TPSA) is 57.5 Å². The van der Waals surface area contributed by atoms with Gasteiger partial charge in [0.25, 0.3) is 0 Å². The van der Waals surface area contributed by atoms with E-state index >= 15 is 0 Å². The molecule has 2 atom stereocenters. The van der Waals surface area contributed by atoms with Crippen LogP contribution in [0.1, 0.15) is 19.3 Å². The Bertz CT molecular complexity index is 159. The standard InChI is InChI=1S/C6H9FO3/c7-4-2-1-3-6(4,10)5(8)9/h4,10H,1-3H2,(H,8,9). The maximum absolute atomic E-state index is 12.6. The first kappa shape index (κ1) is 7.47. The quantitative estimate of drug-likeness (QED) is 0.563. The zero-order chi connectivity index (χ0) is 7.78. The number of hydrogen-bond donors (Lipinski definition) is 2. The van der Waals surface area contributed by atoms with Gasteiger partial charge in [0.05, 0.1) is 0 Å². The van der Waals surface area contributed by atoms with Gasteiger partial charge in [-0.25, -0.2) is 9.18 Å². The summed E-state index contributed by atoms with van der Waals surface area (Å²) in [5.41, 5.74) is -2.10. The van der Waals surface area contributed by atoms with Crippen molar-refractivity contribution < 1.29 is 19.4 Å². The van der Waals surface area contributed by atoms with Gasteiger partial charge in [-0.15, -0.1) is 0 Å². The summed E-state index contributed by atoms with van der Waals surface area (Å²) in [7, 11) is 0. The fourth-order valence-corrected chi connectivity index (χ4v) is 1.19. The molecule has 0 aromatic heterocycles. The van der Waals surface area contributed by atoms with Crippen LogP contribution in [0, 0.1) is 0 Å². The molecule has 4 heteroatoms. The lowest BCUT2D eigenvalue weighted by Gasteiger charge is -2.18. The number of carbonyl (C=O) groups is 1. The summed E-state index contributed by atoms with van der Waals surface area (Å²) in [6.07, 6.45) is -0.957. The third-order valence-electron chi connectivity index (χ3n) is 1.90. The Labute approximate surface area is 57.5 Å². The summed E-state index contributed by atoms with van der Waals surface area (Å²) in [5.74, 6) is -1.45. The van der Waals surface area contributed by atoms with E-state index in [1.165, 1.54) is 0 Å². The number of carboxylic acid groups (broad SMARTS) is 1. The molecule has 0 radical (unpaired) electrons. The summed E-state index contributed by atoms with van der Waals surface area (Å²) in [4.78, 5) is 10.2. The van der Waals surface area contributed by atoms with Gasteiger partial charge in [-0.3, -0.25) is 0 Å². The van der Waals surface area contributed by atoms with Crippen LogP contribution in [0.15, 0.2) is 0 Å². The van der Waals surface area contributed by atoms with Crippen LogP contribution >= 0.6 is 0 Å². The fraction of sp³-hybridized carbons (Fsp3) is 0.833. The molecule has 1 rings (SSSR count). The van der Waals surface area contributed by atoms with Gasteiger partial charge in [0.15, 0.2) is 5.60 Å². The third-order valence-corrected chi connectivity index (χ3v) is 1.90. The highest BCUT2D eigenvalue weighted by Crippen LogP contribution is 2.32. The smallest absolute Gasteiger partial charge is 0.338 e. The molecule has 0 aromatic carbocycles. The normalized spacial score (nSPS) is 40.0. The summed E-state index contributed by atoms with van der Waals surface area (Å²) in [5, 5.41) is 17.4. The first-order chi connectivity index (χ1) is 4.57. The Kier molecular flexibility index (Phi) is 1.64. The van der Waals surface area contributed by atoms with Gasteiger partial charge in [0.1, 0.15) is 6.17 Å². The number of rotatable bonds is 1. The first-order valence-corrected chi connectivity index (χ1v) is 3.17. The maximum atomic E-state index is 12.6. The van der Waals surface area contributed by atoms with Crippen molar-refractivity contribution in [3.8, 4) is 0 Å². The molecule has 2 unspecified atom stereocenters. The van der Waals surface area contributed by atoms with E-state index in [1.54, 1.807) is 0 Å². The molecule has 1 fully saturated rings. The van der Waals surface area contributed by atoms with Gasteiger partial charge in [-0.2, -0.15) is 0 Å². The first-order valence-electron chi connectivity index (χ1n) is 3.17. The van der Waals surface area contributed by atoms with Crippen LogP contribution in [0.25, 0.3) is 0 Å². The molecule has 3 nitrogen and oxygen atoms in total. The van der Waals surface area contributed by atoms with Crippen LogP contribution < -0.4 is 0 Å². The number of hydrogen-bond acceptors (Lipinski definition) is 2. The fourth-order valence-electron chi connectivity index (χ4n) is 1.19. The average Bonchev–Trinajstić information content (AvgIpc) is 2.15. The SMILES string of the molecule is O=C(O)C1(O)CCCC1F. The number of carboxylic acids is 1. The van der Waals surface area contributed by atoms with Crippen LogP contribution in [0.3, 0.4) is 0 Å². The molecule has 10 heavy (non-hydrogen) atoms. The van der Waals surface area contributed by atoms with Gasteiger partial charge in [-0.05, 0) is 19.3 Å². The van der Waals surface area contributed by atoms with Crippen LogP contribution in [0.2, 0.25) is 0 Å². The summed E-state index contributed by atoms with van der Waals surface area (Å²) in [6.45, 7) is 0. The van der Waals surface area contributed by atoms with E-state index in [-0.39, 0.29) is 12.8 Å². The van der Waals surface area contributed by atoms with Crippen LogP contribution in [0.5, 0.6) is 0 Å². The maximum Gasteiger partial charge on any atom is 0.338 e. The van der Waals surface area contributed by atoms with Gasteiger partial charge in [-0.1, -0.05) is 0 Å². The Morgan fingerprint density at radius 2 is 2.30 bits per heavy atom. The number of halogens is 1. The second kappa shape index (κ2) is 2.20. The van der Waals surface area contributed by atoms with Crippen LogP contribution in [0.4, 0.5) is 4.39 Å². The zero-order valence-corrected chi connectivity index (χ0v) is 5.38. The number of aliphatic hydroxyl groups is 1. The number of alkyl halides is 1. The molecule has 0 aromatic rings. The molecule has 1 aliphatic carbocycles. The Balaban J connectivity index is 2.75. The molecule has 0 amide bonds. The summed E-state index contributed by atoms with van der Waals surface area (Å²) in [6, 6.07) is 0. The monoisotopic (exact) mass is 148 g/mol. The number of aliphatic carboxylic acids is 1. The minimum atomic E-state index is -2.10. The summed E-state index contributed by atoms with van der Waals surface area (Å²) < 4.78 is 12.6. The Hall–Kier alpha value is -0.640. The van der Waals surface area contributed by atoms with E-state index in [1.807, 2.05) is 0 Å². The van der Waals surface area contributed by atoms with E-state index in [2.05, 4.69) is 0 Å². The van der Waals surface area contributed by atoms with Crippen molar-refractivity contribution in [2.75, 3.05) is 0 Å². The van der Waals surface area contributed by atoms with E-state index in [9.17, 15) is 9.18 Å². The summed E-state index contributed by atoms with van der Waals surface area (Å²) >= 11 is 0. The average molecular weight is 148 g/mol. The molecule has 0 bridgehead atoms. The molecule has 58 valence electrons. The third kappa shape index (κ3) is 0.883. The van der Waals surface area contributed by atoms with Crippen molar-refractivity contribution in [1.29, 1.82) is 0 Å². The van der Waals surface area contributed by atoms with E-state index in [0.717, 1.165) is 0 Å². The van der Waals surface area contributed by atoms with Gasteiger partial charge < -0.3 is 10.2 Å². The molecule has 0 saturated heterocycles. The van der Waals surface area contributed by atoms with E-state index in [0.29, 0.717) is 6.42 Å². The van der Waals surface area contributed by atoms with Gasteiger partial charge >= 0.3 is 5.97 Å². The van der Waals surface area contributed by atoms with Crippen molar-refractivity contribution in [1.82, 2.24) is 0 Å². The molecule has 0 spiro atoms. The minimum absolute atomic E-state index is 0.0312. The lowest BCUT2D eigenvalue weighted by atomic mass is 10.0. The highest BCUT2D eigenvalue weighted by atomic mass is 19.1. The predicted molar refractivity (Wildman–Crippen MR) is 31.3 cm³/mol. The lowest BCUT2D eigenvalue weighted by Crippen LogP contribution is -2.43. The highest BCUT2D eigenvalue weighted by Gasteiger charge is 2.48. The van der Waals surface area contributed by atoms with Crippen molar-refractivity contribution in [2.24, 2.45) is 0 Å². The van der Waals surface area contributed by atoms with Crippen LogP contribution in [-0.2, 0) is 4.79 Å². The Morgan fingerprint density at radius 3 is 2.50 bits per heavy atom. The Morgan fingerprint density at radius 1 is 1.70 bits per heavy atom. The molecule has 2 N–H and O–H groups in total. The van der Waals surface area contributed by atoms with E-state index in [4.69, 9.17) is 10.2 Å². The molecule has 1 saturated carbocycles. The van der Waals surface area contributed by atoms with Crippen molar-refractivity contribution >= 4 is 5.97 Å². The predicted octanol–water partition coefficient (Wildman–Crippen LogP) is 0.324. The second-order valence-electron chi connectivity index (χ2n) is 2.59.